The predicted molar refractivity (Wildman–Crippen MR) is 118 cm³/mol. The van der Waals surface area contributed by atoms with E-state index < -0.39 is 11.9 Å². The number of anilines is 1. The van der Waals surface area contributed by atoms with Crippen LogP contribution in [-0.2, 0) is 14.3 Å². The van der Waals surface area contributed by atoms with Gasteiger partial charge in [-0.3, -0.25) is 4.79 Å². The zero-order valence-corrected chi connectivity index (χ0v) is 18.8. The number of hydrogen-bond donors (Lipinski definition) is 1. The van der Waals surface area contributed by atoms with E-state index in [4.69, 9.17) is 14.2 Å². The topological polar surface area (TPSA) is 107 Å². The van der Waals surface area contributed by atoms with Crippen LogP contribution in [0.2, 0.25) is 0 Å². The number of nitrogens with one attached hydrogen (secondary N) is 1. The second-order valence-electron chi connectivity index (χ2n) is 5.98. The van der Waals surface area contributed by atoms with Crippen molar-refractivity contribution in [1.82, 2.24) is 0 Å². The Kier molecular flexibility index (Phi) is 8.91. The Morgan fingerprint density at radius 2 is 1.87 bits per heavy atom. The number of hydrogen-bond acceptors (Lipinski definition) is 7. The fourth-order valence-corrected chi connectivity index (χ4v) is 3.04. The summed E-state index contributed by atoms with van der Waals surface area (Å²) >= 11 is 3.35. The van der Waals surface area contributed by atoms with E-state index in [0.29, 0.717) is 39.6 Å². The van der Waals surface area contributed by atoms with Crippen molar-refractivity contribution in [2.75, 3.05) is 32.8 Å². The highest BCUT2D eigenvalue weighted by Gasteiger charge is 2.15. The maximum absolute atomic E-state index is 12.5. The molecule has 162 valence electrons. The molecule has 0 heterocycles. The normalized spacial score (nSPS) is 10.6. The van der Waals surface area contributed by atoms with Crippen molar-refractivity contribution >= 4 is 39.6 Å². The lowest BCUT2D eigenvalue weighted by Gasteiger charge is -2.13. The summed E-state index contributed by atoms with van der Waals surface area (Å²) in [6.45, 7) is 2.12. The Morgan fingerprint density at radius 1 is 1.16 bits per heavy atom. The van der Waals surface area contributed by atoms with Gasteiger partial charge in [-0.05, 0) is 70.9 Å². The van der Waals surface area contributed by atoms with Gasteiger partial charge in [0.25, 0.3) is 5.91 Å². The third kappa shape index (κ3) is 6.76. The van der Waals surface area contributed by atoms with E-state index >= 15 is 0 Å². The summed E-state index contributed by atoms with van der Waals surface area (Å²) in [5.74, 6) is 0.183. The molecule has 8 nitrogen and oxygen atoms in total. The first-order chi connectivity index (χ1) is 14.9. The van der Waals surface area contributed by atoms with Gasteiger partial charge in [0.15, 0.2) is 18.1 Å². The summed E-state index contributed by atoms with van der Waals surface area (Å²) in [5, 5.41) is 12.1. The van der Waals surface area contributed by atoms with E-state index in [2.05, 4.69) is 26.0 Å². The average Bonchev–Trinajstić information content (AvgIpc) is 2.77. The van der Waals surface area contributed by atoms with Crippen LogP contribution in [0.4, 0.5) is 5.69 Å². The van der Waals surface area contributed by atoms with Crippen LogP contribution in [0.1, 0.15) is 12.5 Å². The SMILES string of the molecule is CCOc1ccc(NC(=O)/C(C#N)=C\c2cc(Br)c(OCC(=O)OC)c(OC)c2)cc1. The Morgan fingerprint density at radius 3 is 2.45 bits per heavy atom. The molecule has 0 spiro atoms. The lowest BCUT2D eigenvalue weighted by molar-refractivity contribution is -0.142. The molecule has 0 saturated carbocycles. The van der Waals surface area contributed by atoms with E-state index in [1.807, 2.05) is 13.0 Å². The van der Waals surface area contributed by atoms with Gasteiger partial charge in [0, 0.05) is 5.69 Å². The van der Waals surface area contributed by atoms with Crippen LogP contribution in [0, 0.1) is 11.3 Å². The number of nitrogens with zero attached hydrogens (tertiary/aromatic N) is 1. The molecule has 1 amide bonds. The van der Waals surface area contributed by atoms with Crippen LogP contribution in [0.15, 0.2) is 46.4 Å². The zero-order chi connectivity index (χ0) is 22.8. The van der Waals surface area contributed by atoms with Crippen LogP contribution in [0.3, 0.4) is 0 Å². The maximum Gasteiger partial charge on any atom is 0.343 e. The first-order valence-electron chi connectivity index (χ1n) is 9.15. The standard InChI is InChI=1S/C22H21BrN2O6/c1-4-30-17-7-5-16(6-8-17)25-22(27)15(12-24)9-14-10-18(23)21(19(11-14)28-2)31-13-20(26)29-3/h5-11H,4,13H2,1-3H3,(H,25,27)/b15-9-. The second kappa shape index (κ2) is 11.6. The first-order valence-corrected chi connectivity index (χ1v) is 9.94. The largest absolute Gasteiger partial charge is 0.494 e. The summed E-state index contributed by atoms with van der Waals surface area (Å²) in [4.78, 5) is 23.8. The van der Waals surface area contributed by atoms with E-state index in [1.165, 1.54) is 20.3 Å². The number of carbonyl (C=O) groups excluding carboxylic acids is 2. The molecule has 0 aliphatic rings. The van der Waals surface area contributed by atoms with Gasteiger partial charge in [-0.15, -0.1) is 0 Å². The minimum atomic E-state index is -0.562. The highest BCUT2D eigenvalue weighted by molar-refractivity contribution is 9.10. The molecule has 0 fully saturated rings. The molecule has 0 bridgehead atoms. The van der Waals surface area contributed by atoms with Crippen LogP contribution >= 0.6 is 15.9 Å². The van der Waals surface area contributed by atoms with Gasteiger partial charge in [0.05, 0.1) is 25.3 Å². The lowest BCUT2D eigenvalue weighted by Crippen LogP contribution is -2.14. The van der Waals surface area contributed by atoms with Crippen LogP contribution in [0.5, 0.6) is 17.2 Å². The fraction of sp³-hybridized carbons (Fsp3) is 0.227. The van der Waals surface area contributed by atoms with Crippen molar-refractivity contribution in [1.29, 1.82) is 5.26 Å². The fourth-order valence-electron chi connectivity index (χ4n) is 2.47. The summed E-state index contributed by atoms with van der Waals surface area (Å²) in [6, 6.07) is 11.9. The predicted octanol–water partition coefficient (Wildman–Crippen LogP) is 3.95. The van der Waals surface area contributed by atoms with Gasteiger partial charge in [0.1, 0.15) is 17.4 Å². The maximum atomic E-state index is 12.5. The monoisotopic (exact) mass is 488 g/mol. The van der Waals surface area contributed by atoms with Crippen LogP contribution in [0.25, 0.3) is 6.08 Å². The van der Waals surface area contributed by atoms with Gasteiger partial charge >= 0.3 is 5.97 Å². The van der Waals surface area contributed by atoms with Crippen molar-refractivity contribution in [2.45, 2.75) is 6.92 Å². The zero-order valence-electron chi connectivity index (χ0n) is 17.2. The van der Waals surface area contributed by atoms with Crippen LogP contribution < -0.4 is 19.5 Å². The Balaban J connectivity index is 2.22. The molecule has 31 heavy (non-hydrogen) atoms. The molecule has 0 saturated heterocycles. The van der Waals surface area contributed by atoms with E-state index in [9.17, 15) is 14.9 Å². The number of rotatable bonds is 9. The van der Waals surface area contributed by atoms with Crippen molar-refractivity contribution in [3.63, 3.8) is 0 Å². The highest BCUT2D eigenvalue weighted by Crippen LogP contribution is 2.37. The molecule has 2 rings (SSSR count). The lowest BCUT2D eigenvalue weighted by atomic mass is 10.1. The number of ether oxygens (including phenoxy) is 4. The van der Waals surface area contributed by atoms with Crippen molar-refractivity contribution in [3.05, 3.63) is 52.0 Å². The summed E-state index contributed by atoms with van der Waals surface area (Å²) in [6.07, 6.45) is 1.42. The number of carbonyl (C=O) groups is 2. The number of benzene rings is 2. The van der Waals surface area contributed by atoms with Crippen molar-refractivity contribution < 1.29 is 28.5 Å². The minimum absolute atomic E-state index is 0.105. The summed E-state index contributed by atoms with van der Waals surface area (Å²) in [5.41, 5.74) is 0.943. The Labute approximate surface area is 188 Å². The third-order valence-corrected chi connectivity index (χ3v) is 4.50. The molecule has 2 aromatic rings. The minimum Gasteiger partial charge on any atom is -0.494 e. The Hall–Kier alpha value is -3.51. The van der Waals surface area contributed by atoms with Gasteiger partial charge in [-0.2, -0.15) is 5.26 Å². The summed E-state index contributed by atoms with van der Waals surface area (Å²) < 4.78 is 21.1. The van der Waals surface area contributed by atoms with E-state index in [1.54, 1.807) is 36.4 Å². The number of nitriles is 1. The number of methoxy groups -OCH3 is 2. The quantitative estimate of drug-likeness (QED) is 0.323. The van der Waals surface area contributed by atoms with Crippen LogP contribution in [-0.4, -0.2) is 39.3 Å². The van der Waals surface area contributed by atoms with E-state index in [-0.39, 0.29) is 12.2 Å². The molecule has 1 N–H and O–H groups in total. The number of halogens is 1. The van der Waals surface area contributed by atoms with Gasteiger partial charge < -0.3 is 24.3 Å². The van der Waals surface area contributed by atoms with Crippen molar-refractivity contribution in [3.8, 4) is 23.3 Å². The third-order valence-electron chi connectivity index (χ3n) is 3.91. The second-order valence-corrected chi connectivity index (χ2v) is 6.83. The molecule has 2 aromatic carbocycles. The molecule has 0 radical (unpaired) electrons. The van der Waals surface area contributed by atoms with Crippen molar-refractivity contribution in [2.24, 2.45) is 0 Å². The van der Waals surface area contributed by atoms with Gasteiger partial charge in [-0.1, -0.05) is 0 Å². The molecule has 0 aromatic heterocycles. The van der Waals surface area contributed by atoms with Gasteiger partial charge in [-0.25, -0.2) is 4.79 Å². The molecule has 0 aliphatic heterocycles. The summed E-state index contributed by atoms with van der Waals surface area (Å²) in [7, 11) is 2.69. The highest BCUT2D eigenvalue weighted by atomic mass is 79.9. The smallest absolute Gasteiger partial charge is 0.343 e. The number of amides is 1. The van der Waals surface area contributed by atoms with E-state index in [0.717, 1.165) is 0 Å². The number of esters is 1. The molecule has 9 heteroatoms. The molecule has 0 atom stereocenters. The first kappa shape index (κ1) is 23.8. The molecule has 0 unspecified atom stereocenters. The Bertz CT molecular complexity index is 1010. The average molecular weight is 489 g/mol. The molecular formula is C22H21BrN2O6. The van der Waals surface area contributed by atoms with Gasteiger partial charge in [0.2, 0.25) is 0 Å². The molecular weight excluding hydrogens is 468 g/mol. The molecule has 0 aliphatic carbocycles.